The Balaban J connectivity index is 1.55. The van der Waals surface area contributed by atoms with Gasteiger partial charge in [0.2, 0.25) is 0 Å². The van der Waals surface area contributed by atoms with Crippen LogP contribution in [0, 0.1) is 5.82 Å². The highest BCUT2D eigenvalue weighted by molar-refractivity contribution is 5.94. The molecule has 1 aliphatic carbocycles. The van der Waals surface area contributed by atoms with Crippen molar-refractivity contribution >= 4 is 5.91 Å². The first kappa shape index (κ1) is 17.1. The Hall–Kier alpha value is -2.34. The van der Waals surface area contributed by atoms with Gasteiger partial charge < -0.3 is 10.0 Å². The summed E-state index contributed by atoms with van der Waals surface area (Å²) in [5.41, 5.74) is 0.929. The summed E-state index contributed by atoms with van der Waals surface area (Å²) in [5, 5.41) is 10.5. The summed E-state index contributed by atoms with van der Waals surface area (Å²) in [6, 6.07) is 6.06. The average molecular weight is 355 g/mol. The number of benzene rings is 1. The fourth-order valence-corrected chi connectivity index (χ4v) is 3.59. The van der Waals surface area contributed by atoms with Gasteiger partial charge in [-0.2, -0.15) is 0 Å². The van der Waals surface area contributed by atoms with Crippen LogP contribution in [-0.4, -0.2) is 44.6 Å². The van der Waals surface area contributed by atoms with E-state index in [0.29, 0.717) is 36.4 Å². The predicted molar refractivity (Wildman–Crippen MR) is 94.2 cm³/mol. The van der Waals surface area contributed by atoms with E-state index in [1.807, 2.05) is 0 Å². The Bertz CT molecular complexity index is 792. The summed E-state index contributed by atoms with van der Waals surface area (Å²) >= 11 is 0. The van der Waals surface area contributed by atoms with E-state index >= 15 is 0 Å². The summed E-state index contributed by atoms with van der Waals surface area (Å²) in [7, 11) is 0. The first-order valence-electron chi connectivity index (χ1n) is 9.18. The summed E-state index contributed by atoms with van der Waals surface area (Å²) in [6.07, 6.45) is 6.32. The van der Waals surface area contributed by atoms with E-state index in [1.54, 1.807) is 35.5 Å². The van der Waals surface area contributed by atoms with Crippen LogP contribution in [0.5, 0.6) is 0 Å². The van der Waals surface area contributed by atoms with E-state index in [0.717, 1.165) is 25.1 Å². The Morgan fingerprint density at radius 1 is 1.19 bits per heavy atom. The molecule has 6 heteroatoms. The monoisotopic (exact) mass is 355 g/mol. The molecule has 1 amide bonds. The number of halogens is 1. The fourth-order valence-electron chi connectivity index (χ4n) is 3.59. The minimum atomic E-state index is -0.668. The number of hydrogen-bond acceptors (Lipinski definition) is 4. The molecular weight excluding hydrogens is 333 g/mol. The molecule has 5 nitrogen and oxygen atoms in total. The van der Waals surface area contributed by atoms with Gasteiger partial charge in [-0.1, -0.05) is 18.2 Å². The number of aromatic nitrogens is 2. The second-order valence-corrected chi connectivity index (χ2v) is 7.18. The lowest BCUT2D eigenvalue weighted by molar-refractivity contribution is 0.0115. The van der Waals surface area contributed by atoms with Crippen molar-refractivity contribution in [3.63, 3.8) is 0 Å². The number of amides is 1. The van der Waals surface area contributed by atoms with Crippen LogP contribution < -0.4 is 0 Å². The van der Waals surface area contributed by atoms with Gasteiger partial charge in [0.1, 0.15) is 11.6 Å². The largest absolute Gasteiger partial charge is 0.391 e. The van der Waals surface area contributed by atoms with Crippen LogP contribution in [-0.2, 0) is 6.42 Å². The van der Waals surface area contributed by atoms with Crippen molar-refractivity contribution in [2.24, 2.45) is 0 Å². The summed E-state index contributed by atoms with van der Waals surface area (Å²) in [5.74, 6) is 0.718. The maximum absolute atomic E-state index is 14.0. The van der Waals surface area contributed by atoms with Crippen LogP contribution in [0.3, 0.4) is 0 Å². The maximum atomic E-state index is 14.0. The van der Waals surface area contributed by atoms with Crippen LogP contribution in [0.4, 0.5) is 4.39 Å². The molecule has 0 spiro atoms. The van der Waals surface area contributed by atoms with Gasteiger partial charge in [-0.15, -0.1) is 0 Å². The van der Waals surface area contributed by atoms with Crippen LogP contribution in [0.15, 0.2) is 36.7 Å². The minimum absolute atomic E-state index is 0.201. The average Bonchev–Trinajstić information content (AvgIpc) is 3.50. The molecular formula is C20H22FN3O2. The number of carbonyl (C=O) groups is 1. The summed E-state index contributed by atoms with van der Waals surface area (Å²) in [6.45, 7) is 0.541. The van der Waals surface area contributed by atoms with Crippen molar-refractivity contribution in [2.75, 3.05) is 6.54 Å². The third-order valence-electron chi connectivity index (χ3n) is 5.25. The zero-order valence-corrected chi connectivity index (χ0v) is 14.5. The number of hydrogen-bond donors (Lipinski definition) is 1. The van der Waals surface area contributed by atoms with Gasteiger partial charge in [-0.05, 0) is 43.7 Å². The zero-order chi connectivity index (χ0) is 18.1. The zero-order valence-electron chi connectivity index (χ0n) is 14.5. The third-order valence-corrected chi connectivity index (χ3v) is 5.25. The van der Waals surface area contributed by atoms with Gasteiger partial charge in [-0.25, -0.2) is 14.4 Å². The van der Waals surface area contributed by atoms with Gasteiger partial charge in [0.05, 0.1) is 17.7 Å². The quantitative estimate of drug-likeness (QED) is 0.916. The lowest BCUT2D eigenvalue weighted by Gasteiger charge is -2.39. The number of aliphatic hydroxyl groups is 1. The Kier molecular flexibility index (Phi) is 4.68. The molecule has 0 radical (unpaired) electrons. The highest BCUT2D eigenvalue weighted by atomic mass is 19.1. The Morgan fingerprint density at radius 2 is 1.92 bits per heavy atom. The summed E-state index contributed by atoms with van der Waals surface area (Å²) < 4.78 is 14.0. The topological polar surface area (TPSA) is 66.3 Å². The molecule has 4 rings (SSSR count). The molecule has 1 saturated heterocycles. The van der Waals surface area contributed by atoms with E-state index in [-0.39, 0.29) is 11.7 Å². The van der Waals surface area contributed by atoms with Gasteiger partial charge in [0.15, 0.2) is 0 Å². The molecule has 1 saturated carbocycles. The van der Waals surface area contributed by atoms with Gasteiger partial charge in [-0.3, -0.25) is 4.79 Å². The number of aliphatic hydroxyl groups excluding tert-OH is 1. The molecule has 2 aromatic rings. The maximum Gasteiger partial charge on any atom is 0.257 e. The summed E-state index contributed by atoms with van der Waals surface area (Å²) in [4.78, 5) is 23.3. The molecule has 26 heavy (non-hydrogen) atoms. The lowest BCUT2D eigenvalue weighted by atomic mass is 9.92. The first-order valence-corrected chi connectivity index (χ1v) is 9.18. The normalized spacial score (nSPS) is 23.1. The predicted octanol–water partition coefficient (Wildman–Crippen LogP) is 2.70. The molecule has 1 aliphatic heterocycles. The van der Waals surface area contributed by atoms with E-state index in [9.17, 15) is 14.3 Å². The van der Waals surface area contributed by atoms with Crippen LogP contribution >= 0.6 is 0 Å². The SMILES string of the molecule is O=C(c1cnc(C2CC2)nc1)N1CCC[C@H](O)[C@@H]1Cc1ccccc1F. The van der Waals surface area contributed by atoms with E-state index in [1.165, 1.54) is 6.07 Å². The van der Waals surface area contributed by atoms with Crippen LogP contribution in [0.1, 0.15) is 53.3 Å². The van der Waals surface area contributed by atoms with Gasteiger partial charge in [0, 0.05) is 24.9 Å². The molecule has 2 fully saturated rings. The molecule has 1 N–H and O–H groups in total. The molecule has 2 aliphatic rings. The first-order chi connectivity index (χ1) is 12.6. The number of nitrogens with zero attached hydrogens (tertiary/aromatic N) is 3. The molecule has 0 bridgehead atoms. The van der Waals surface area contributed by atoms with Crippen molar-refractivity contribution in [3.05, 3.63) is 59.4 Å². The van der Waals surface area contributed by atoms with Gasteiger partial charge >= 0.3 is 0 Å². The second-order valence-electron chi connectivity index (χ2n) is 7.18. The van der Waals surface area contributed by atoms with Crippen molar-refractivity contribution in [1.29, 1.82) is 0 Å². The highest BCUT2D eigenvalue weighted by Crippen LogP contribution is 2.37. The van der Waals surface area contributed by atoms with Crippen LogP contribution in [0.2, 0.25) is 0 Å². The third kappa shape index (κ3) is 3.46. The Morgan fingerprint density at radius 3 is 2.62 bits per heavy atom. The number of likely N-dealkylation sites (tertiary alicyclic amines) is 1. The van der Waals surface area contributed by atoms with E-state index in [2.05, 4.69) is 9.97 Å². The molecule has 1 aromatic heterocycles. The standard InChI is InChI=1S/C20H22FN3O2/c21-16-5-2-1-4-14(16)10-17-18(25)6-3-9-24(17)20(26)15-11-22-19(23-12-15)13-7-8-13/h1-2,4-5,11-13,17-18,25H,3,6-10H2/t17-,18-/m0/s1. The molecule has 136 valence electrons. The number of piperidine rings is 1. The molecule has 0 unspecified atom stereocenters. The second kappa shape index (κ2) is 7.11. The van der Waals surface area contributed by atoms with E-state index in [4.69, 9.17) is 0 Å². The Labute approximate surface area is 151 Å². The smallest absolute Gasteiger partial charge is 0.257 e. The van der Waals surface area contributed by atoms with Gasteiger partial charge in [0.25, 0.3) is 5.91 Å². The van der Waals surface area contributed by atoms with Crippen molar-refractivity contribution < 1.29 is 14.3 Å². The van der Waals surface area contributed by atoms with Crippen LogP contribution in [0.25, 0.3) is 0 Å². The van der Waals surface area contributed by atoms with Crippen molar-refractivity contribution in [2.45, 2.75) is 50.2 Å². The lowest BCUT2D eigenvalue weighted by Crippen LogP contribution is -2.52. The molecule has 1 aromatic carbocycles. The highest BCUT2D eigenvalue weighted by Gasteiger charge is 2.35. The molecule has 2 heterocycles. The molecule has 2 atom stereocenters. The van der Waals surface area contributed by atoms with Crippen molar-refractivity contribution in [1.82, 2.24) is 14.9 Å². The number of carbonyl (C=O) groups excluding carboxylic acids is 1. The number of rotatable bonds is 4. The van der Waals surface area contributed by atoms with E-state index < -0.39 is 12.1 Å². The van der Waals surface area contributed by atoms with Crippen molar-refractivity contribution in [3.8, 4) is 0 Å². The fraction of sp³-hybridized carbons (Fsp3) is 0.450. The minimum Gasteiger partial charge on any atom is -0.391 e.